The molecule has 1 N–H and O–H groups in total. The molecule has 0 unspecified atom stereocenters. The summed E-state index contributed by atoms with van der Waals surface area (Å²) in [5.41, 5.74) is 1.33. The van der Waals surface area contributed by atoms with Gasteiger partial charge in [0.1, 0.15) is 11.3 Å². The van der Waals surface area contributed by atoms with Gasteiger partial charge in [0.05, 0.1) is 16.8 Å². The smallest absolute Gasteiger partial charge is 0.350 e. The summed E-state index contributed by atoms with van der Waals surface area (Å²) in [6.45, 7) is 2.27. The first-order chi connectivity index (χ1) is 13.5. The van der Waals surface area contributed by atoms with Crippen LogP contribution in [0, 0.1) is 6.92 Å². The van der Waals surface area contributed by atoms with Crippen LogP contribution >= 0.6 is 11.8 Å². The Morgan fingerprint density at radius 3 is 2.43 bits per heavy atom. The minimum absolute atomic E-state index is 0.147. The maximum Gasteiger partial charge on any atom is 0.350 e. The van der Waals surface area contributed by atoms with E-state index < -0.39 is 5.63 Å². The number of phenols is 1. The quantitative estimate of drug-likeness (QED) is 0.565. The lowest BCUT2D eigenvalue weighted by Gasteiger charge is -2.11. The Hall–Kier alpha value is -3.25. The molecule has 0 amide bonds. The molecule has 140 valence electrons. The van der Waals surface area contributed by atoms with Gasteiger partial charge in [-0.3, -0.25) is 4.79 Å². The Bertz CT molecular complexity index is 1260. The molecule has 0 atom stereocenters. The number of benzene rings is 2. The van der Waals surface area contributed by atoms with E-state index in [1.54, 1.807) is 41.0 Å². The number of aromatic nitrogens is 1. The number of rotatable bonds is 4. The van der Waals surface area contributed by atoms with E-state index in [1.165, 1.54) is 11.8 Å². The van der Waals surface area contributed by atoms with Crippen molar-refractivity contribution in [3.05, 3.63) is 98.8 Å². The van der Waals surface area contributed by atoms with Crippen LogP contribution in [0.25, 0.3) is 11.0 Å². The molecule has 0 bridgehead atoms. The summed E-state index contributed by atoms with van der Waals surface area (Å²) >= 11 is 1.19. The van der Waals surface area contributed by atoms with E-state index in [4.69, 9.17) is 4.42 Å². The van der Waals surface area contributed by atoms with Crippen molar-refractivity contribution in [2.75, 3.05) is 0 Å². The highest BCUT2D eigenvalue weighted by atomic mass is 32.2. The van der Waals surface area contributed by atoms with E-state index in [9.17, 15) is 14.7 Å². The van der Waals surface area contributed by atoms with Crippen LogP contribution in [0.1, 0.15) is 11.3 Å². The molecule has 0 radical (unpaired) electrons. The van der Waals surface area contributed by atoms with Crippen molar-refractivity contribution in [1.29, 1.82) is 0 Å². The first kappa shape index (κ1) is 18.1. The summed E-state index contributed by atoms with van der Waals surface area (Å²) in [5.74, 6) is 0.147. The van der Waals surface area contributed by atoms with Gasteiger partial charge in [0, 0.05) is 16.7 Å². The summed E-state index contributed by atoms with van der Waals surface area (Å²) in [7, 11) is 0. The fourth-order valence-electron chi connectivity index (χ4n) is 2.99. The molecule has 4 aromatic rings. The topological polar surface area (TPSA) is 72.4 Å². The van der Waals surface area contributed by atoms with Crippen molar-refractivity contribution in [1.82, 2.24) is 4.57 Å². The normalized spacial score (nSPS) is 11.0. The Labute approximate surface area is 164 Å². The number of fused-ring (bicyclic) bond motifs is 1. The predicted octanol–water partition coefficient (Wildman–Crippen LogP) is 4.17. The lowest BCUT2D eigenvalue weighted by molar-refractivity contribution is 0.475. The van der Waals surface area contributed by atoms with Crippen LogP contribution < -0.4 is 11.2 Å². The largest absolute Gasteiger partial charge is 0.508 e. The lowest BCUT2D eigenvalue weighted by atomic mass is 10.2. The summed E-state index contributed by atoms with van der Waals surface area (Å²) in [6, 6.07) is 19.5. The third-order valence-electron chi connectivity index (χ3n) is 4.43. The molecule has 2 aromatic heterocycles. The van der Waals surface area contributed by atoms with E-state index >= 15 is 0 Å². The first-order valence-electron chi connectivity index (χ1n) is 8.70. The number of nitrogens with zero attached hydrogens (tertiary/aromatic N) is 1. The fourth-order valence-corrected chi connectivity index (χ4v) is 3.82. The monoisotopic (exact) mass is 391 g/mol. The van der Waals surface area contributed by atoms with Crippen molar-refractivity contribution in [3.8, 4) is 5.75 Å². The number of hydrogen-bond acceptors (Lipinski definition) is 5. The Balaban J connectivity index is 1.79. The van der Waals surface area contributed by atoms with Crippen LogP contribution in [0.2, 0.25) is 0 Å². The van der Waals surface area contributed by atoms with Gasteiger partial charge in [-0.2, -0.15) is 0 Å². The van der Waals surface area contributed by atoms with E-state index in [2.05, 4.69) is 0 Å². The van der Waals surface area contributed by atoms with Crippen LogP contribution in [0.15, 0.2) is 90.5 Å². The SMILES string of the molecule is Cc1cc2oc(=O)c(Sc3ccc(O)cc3)cc2c(=O)n1Cc1ccccc1. The molecule has 0 saturated carbocycles. The summed E-state index contributed by atoms with van der Waals surface area (Å²) < 4.78 is 7.09. The van der Waals surface area contributed by atoms with Gasteiger partial charge in [0.25, 0.3) is 5.56 Å². The van der Waals surface area contributed by atoms with Gasteiger partial charge in [-0.25, -0.2) is 4.79 Å². The van der Waals surface area contributed by atoms with Gasteiger partial charge in [-0.15, -0.1) is 0 Å². The van der Waals surface area contributed by atoms with E-state index in [-0.39, 0.29) is 16.9 Å². The van der Waals surface area contributed by atoms with Crippen LogP contribution in [-0.4, -0.2) is 9.67 Å². The average molecular weight is 391 g/mol. The fraction of sp³-hybridized carbons (Fsp3) is 0.0909. The van der Waals surface area contributed by atoms with E-state index in [1.807, 2.05) is 37.3 Å². The van der Waals surface area contributed by atoms with Crippen molar-refractivity contribution >= 4 is 22.7 Å². The Morgan fingerprint density at radius 1 is 1.00 bits per heavy atom. The minimum Gasteiger partial charge on any atom is -0.508 e. The minimum atomic E-state index is -0.495. The molecule has 6 heteroatoms. The highest BCUT2D eigenvalue weighted by molar-refractivity contribution is 7.99. The molecule has 0 spiro atoms. The molecule has 5 nitrogen and oxygen atoms in total. The van der Waals surface area contributed by atoms with Crippen LogP contribution in [-0.2, 0) is 6.54 Å². The van der Waals surface area contributed by atoms with Crippen molar-refractivity contribution in [2.24, 2.45) is 0 Å². The van der Waals surface area contributed by atoms with Crippen molar-refractivity contribution in [3.63, 3.8) is 0 Å². The third-order valence-corrected chi connectivity index (χ3v) is 5.45. The molecular weight excluding hydrogens is 374 g/mol. The molecule has 0 aliphatic carbocycles. The first-order valence-corrected chi connectivity index (χ1v) is 9.52. The van der Waals surface area contributed by atoms with Crippen molar-refractivity contribution in [2.45, 2.75) is 23.3 Å². The Kier molecular flexibility index (Phi) is 4.79. The standard InChI is InChI=1S/C22H17NO4S/c1-14-11-19-18(21(25)23(14)13-15-5-3-2-4-6-15)12-20(22(26)27-19)28-17-9-7-16(24)8-10-17/h2-12,24H,13H2,1H3. The molecule has 0 fully saturated rings. The van der Waals surface area contributed by atoms with Gasteiger partial charge >= 0.3 is 5.63 Å². The highest BCUT2D eigenvalue weighted by Crippen LogP contribution is 2.28. The van der Waals surface area contributed by atoms with Crippen molar-refractivity contribution < 1.29 is 9.52 Å². The molecule has 0 aliphatic rings. The second kappa shape index (κ2) is 7.40. The van der Waals surface area contributed by atoms with Gasteiger partial charge in [-0.1, -0.05) is 42.1 Å². The number of hydrogen-bond donors (Lipinski definition) is 1. The second-order valence-electron chi connectivity index (χ2n) is 6.43. The summed E-state index contributed by atoms with van der Waals surface area (Å²) in [5, 5.41) is 9.76. The summed E-state index contributed by atoms with van der Waals surface area (Å²) in [6.07, 6.45) is 0. The van der Waals surface area contributed by atoms with Crippen LogP contribution in [0.4, 0.5) is 0 Å². The van der Waals surface area contributed by atoms with E-state index in [0.29, 0.717) is 16.8 Å². The zero-order valence-electron chi connectivity index (χ0n) is 15.1. The van der Waals surface area contributed by atoms with Crippen LogP contribution in [0.5, 0.6) is 5.75 Å². The number of aryl methyl sites for hydroxylation is 1. The van der Waals surface area contributed by atoms with E-state index in [0.717, 1.165) is 16.2 Å². The highest BCUT2D eigenvalue weighted by Gasteiger charge is 2.13. The second-order valence-corrected chi connectivity index (χ2v) is 7.55. The number of aromatic hydroxyl groups is 1. The molecule has 28 heavy (non-hydrogen) atoms. The average Bonchev–Trinajstić information content (AvgIpc) is 2.69. The molecule has 0 aliphatic heterocycles. The third kappa shape index (κ3) is 3.59. The zero-order valence-corrected chi connectivity index (χ0v) is 15.9. The molecule has 4 rings (SSSR count). The maximum atomic E-state index is 13.1. The van der Waals surface area contributed by atoms with Crippen LogP contribution in [0.3, 0.4) is 0 Å². The van der Waals surface area contributed by atoms with Gasteiger partial charge < -0.3 is 14.1 Å². The Morgan fingerprint density at radius 2 is 1.71 bits per heavy atom. The number of pyridine rings is 1. The molecule has 2 aromatic carbocycles. The van der Waals surface area contributed by atoms with Gasteiger partial charge in [0.15, 0.2) is 0 Å². The molecule has 2 heterocycles. The molecular formula is C22H17NO4S. The van der Waals surface area contributed by atoms with Gasteiger partial charge in [-0.05, 0) is 42.8 Å². The summed E-state index contributed by atoms with van der Waals surface area (Å²) in [4.78, 5) is 26.5. The lowest BCUT2D eigenvalue weighted by Crippen LogP contribution is -2.23. The predicted molar refractivity (Wildman–Crippen MR) is 109 cm³/mol. The number of phenolic OH excluding ortho intramolecular Hbond substituents is 1. The maximum absolute atomic E-state index is 13.1. The van der Waals surface area contributed by atoms with Gasteiger partial charge in [0.2, 0.25) is 0 Å². The zero-order chi connectivity index (χ0) is 19.7. The molecule has 0 saturated heterocycles.